The zero-order valence-electron chi connectivity index (χ0n) is 20.4. The van der Waals surface area contributed by atoms with Crippen LogP contribution in [0.1, 0.15) is 0 Å². The molecule has 0 atom stereocenters. The van der Waals surface area contributed by atoms with Gasteiger partial charge in [0.1, 0.15) is 0 Å². The van der Waals surface area contributed by atoms with Crippen molar-refractivity contribution in [3.8, 4) is 33.6 Å². The fourth-order valence-corrected chi connectivity index (χ4v) is 4.44. The molecule has 2 aromatic heterocycles. The predicted molar refractivity (Wildman–Crippen MR) is 151 cm³/mol. The Morgan fingerprint density at radius 2 is 1.00 bits per heavy atom. The van der Waals surface area contributed by atoms with Crippen molar-refractivity contribution < 1.29 is 21.1 Å². The summed E-state index contributed by atoms with van der Waals surface area (Å²) in [6.45, 7) is 0. The quantitative estimate of drug-likeness (QED) is 0.167. The Morgan fingerprint density at radius 1 is 0.474 bits per heavy atom. The van der Waals surface area contributed by atoms with E-state index in [1.165, 1.54) is 0 Å². The Hall–Kier alpha value is -4.33. The van der Waals surface area contributed by atoms with E-state index in [4.69, 9.17) is 0 Å². The minimum Gasteiger partial charge on any atom is -0.346 e. The number of anilines is 3. The second kappa shape index (κ2) is 11.8. The fraction of sp³-hybridized carbons (Fsp3) is 0. The van der Waals surface area contributed by atoms with Crippen molar-refractivity contribution in [3.63, 3.8) is 0 Å². The number of hydrogen-bond donors (Lipinski definition) is 0. The van der Waals surface area contributed by atoms with Gasteiger partial charge in [0.05, 0.1) is 5.69 Å². The van der Waals surface area contributed by atoms with Crippen molar-refractivity contribution in [1.29, 1.82) is 0 Å². The molecule has 0 aliphatic heterocycles. The van der Waals surface area contributed by atoms with Gasteiger partial charge in [-0.25, -0.2) is 0 Å². The summed E-state index contributed by atoms with van der Waals surface area (Å²) in [5, 5.41) is 0. The predicted octanol–water partition coefficient (Wildman–Crippen LogP) is 8.55. The molecule has 0 saturated carbocycles. The van der Waals surface area contributed by atoms with Gasteiger partial charge >= 0.3 is 21.1 Å². The molecule has 0 aliphatic carbocycles. The van der Waals surface area contributed by atoms with Gasteiger partial charge in [-0.3, -0.25) is 0 Å². The molecule has 6 aromatic rings. The summed E-state index contributed by atoms with van der Waals surface area (Å²) in [6.07, 6.45) is 3.62. The molecule has 0 aliphatic rings. The summed E-state index contributed by atoms with van der Waals surface area (Å²) in [5.41, 5.74) is 8.74. The van der Waals surface area contributed by atoms with Crippen molar-refractivity contribution in [2.75, 3.05) is 4.90 Å². The van der Waals surface area contributed by atoms with Crippen LogP contribution < -0.4 is 4.90 Å². The van der Waals surface area contributed by atoms with Crippen LogP contribution in [-0.2, 0) is 21.1 Å². The molecule has 0 N–H and O–H groups in total. The topological polar surface area (TPSA) is 29.0 Å². The first-order valence-corrected chi connectivity index (χ1v) is 12.2. The van der Waals surface area contributed by atoms with Gasteiger partial charge in [-0.15, -0.1) is 59.7 Å². The maximum Gasteiger partial charge on any atom is 2.00 e. The summed E-state index contributed by atoms with van der Waals surface area (Å²) in [6, 6.07) is 50.3. The van der Waals surface area contributed by atoms with Crippen LogP contribution in [0.4, 0.5) is 17.1 Å². The maximum atomic E-state index is 4.55. The average Bonchev–Trinajstić information content (AvgIpc) is 2.99. The van der Waals surface area contributed by atoms with E-state index in [-0.39, 0.29) is 21.1 Å². The molecule has 4 heteroatoms. The Labute approximate surface area is 237 Å². The van der Waals surface area contributed by atoms with Gasteiger partial charge in [0.15, 0.2) is 0 Å². The third-order valence-electron chi connectivity index (χ3n) is 6.15. The van der Waals surface area contributed by atoms with Crippen LogP contribution in [0.5, 0.6) is 0 Å². The zero-order valence-corrected chi connectivity index (χ0v) is 22.7. The number of pyridine rings is 2. The summed E-state index contributed by atoms with van der Waals surface area (Å²) in [4.78, 5) is 11.3. The molecule has 184 valence electrons. The minimum atomic E-state index is 0. The largest absolute Gasteiger partial charge is 2.00 e. The van der Waals surface area contributed by atoms with Crippen molar-refractivity contribution in [2.24, 2.45) is 0 Å². The number of hydrogen-bond acceptors (Lipinski definition) is 3. The number of rotatable bonds is 6. The molecule has 38 heavy (non-hydrogen) atoms. The van der Waals surface area contributed by atoms with E-state index in [1.807, 2.05) is 67.0 Å². The van der Waals surface area contributed by atoms with Crippen molar-refractivity contribution >= 4 is 17.1 Å². The number of aromatic nitrogens is 2. The summed E-state index contributed by atoms with van der Waals surface area (Å²) < 4.78 is 0. The van der Waals surface area contributed by atoms with Crippen LogP contribution in [0, 0.1) is 12.1 Å². The third-order valence-corrected chi connectivity index (χ3v) is 6.15. The van der Waals surface area contributed by atoms with E-state index in [1.54, 1.807) is 0 Å². The second-order valence-corrected chi connectivity index (χ2v) is 8.55. The Bertz CT molecular complexity index is 1540. The Kier molecular flexibility index (Phi) is 7.87. The summed E-state index contributed by atoms with van der Waals surface area (Å²) in [7, 11) is 0. The van der Waals surface area contributed by atoms with Gasteiger partial charge < -0.3 is 14.9 Å². The molecule has 0 saturated heterocycles. The summed E-state index contributed by atoms with van der Waals surface area (Å²) in [5.74, 6) is 0. The van der Waals surface area contributed by atoms with E-state index in [9.17, 15) is 0 Å². The van der Waals surface area contributed by atoms with Crippen LogP contribution in [0.3, 0.4) is 0 Å². The monoisotopic (exact) mass is 668 g/mol. The van der Waals surface area contributed by atoms with Gasteiger partial charge in [0.25, 0.3) is 0 Å². The van der Waals surface area contributed by atoms with E-state index < -0.39 is 0 Å². The molecule has 3 nitrogen and oxygen atoms in total. The van der Waals surface area contributed by atoms with Crippen molar-refractivity contribution in [1.82, 2.24) is 9.97 Å². The molecule has 6 rings (SSSR count). The normalized spacial score (nSPS) is 10.4. The molecule has 0 radical (unpaired) electrons. The maximum absolute atomic E-state index is 4.55. The smallest absolute Gasteiger partial charge is 0.346 e. The number of para-hydroxylation sites is 1. The van der Waals surface area contributed by atoms with Crippen LogP contribution >= 0.6 is 0 Å². The van der Waals surface area contributed by atoms with Crippen LogP contribution in [0.2, 0.25) is 0 Å². The number of nitrogens with zero attached hydrogens (tertiary/aromatic N) is 3. The second-order valence-electron chi connectivity index (χ2n) is 8.55. The zero-order chi connectivity index (χ0) is 24.9. The van der Waals surface area contributed by atoms with Gasteiger partial charge in [-0.1, -0.05) is 72.8 Å². The SMILES string of the molecule is [Pt+2].[c-]1c(-c2ccccn2)cccc1N(c1[c-]c(-c2ccccn2)ccc1)c1ccccc1-c1ccccc1. The molecular weight excluding hydrogens is 645 g/mol. The first kappa shape index (κ1) is 25.3. The fourth-order valence-electron chi connectivity index (χ4n) is 4.44. The molecule has 0 bridgehead atoms. The van der Waals surface area contributed by atoms with E-state index >= 15 is 0 Å². The third kappa shape index (κ3) is 5.34. The molecule has 0 spiro atoms. The van der Waals surface area contributed by atoms with Crippen LogP contribution in [-0.4, -0.2) is 9.97 Å². The molecule has 0 amide bonds. The molecule has 4 aromatic carbocycles. The summed E-state index contributed by atoms with van der Waals surface area (Å²) >= 11 is 0. The molecule has 2 heterocycles. The first-order valence-electron chi connectivity index (χ1n) is 12.2. The van der Waals surface area contributed by atoms with E-state index in [0.29, 0.717) is 0 Å². The van der Waals surface area contributed by atoms with Gasteiger partial charge in [-0.2, -0.15) is 0 Å². The molecule has 0 unspecified atom stereocenters. The van der Waals surface area contributed by atoms with Gasteiger partial charge in [0, 0.05) is 18.0 Å². The van der Waals surface area contributed by atoms with Crippen LogP contribution in [0.25, 0.3) is 33.6 Å². The van der Waals surface area contributed by atoms with Gasteiger partial charge in [0.2, 0.25) is 0 Å². The van der Waals surface area contributed by atoms with E-state index in [2.05, 4.69) is 99.8 Å². The first-order chi connectivity index (χ1) is 18.4. The molecule has 0 fully saturated rings. The standard InChI is InChI=1S/C34H23N3.Pt/c1-2-12-26(13-3-1)31-18-4-5-21-34(31)37(29-16-10-14-27(24-29)32-19-6-8-22-35-32)30-17-11-15-28(25-30)33-20-7-9-23-36-33;/h1-23H;/q-2;+2. The van der Waals surface area contributed by atoms with Gasteiger partial charge in [-0.05, 0) is 46.5 Å². The minimum absolute atomic E-state index is 0. The molecular formula is C34H23N3Pt. The number of benzene rings is 4. The van der Waals surface area contributed by atoms with Crippen LogP contribution in [0.15, 0.2) is 140 Å². The van der Waals surface area contributed by atoms with Crippen molar-refractivity contribution in [2.45, 2.75) is 0 Å². The van der Waals surface area contributed by atoms with E-state index in [0.717, 1.165) is 50.7 Å². The van der Waals surface area contributed by atoms with Crippen molar-refractivity contribution in [3.05, 3.63) is 152 Å². The average molecular weight is 669 g/mol. The Morgan fingerprint density at radius 3 is 1.55 bits per heavy atom. The Balaban J connectivity index is 0.00000294.